The highest BCUT2D eigenvalue weighted by atomic mass is 35.5. The minimum atomic E-state index is 0.797. The molecule has 110 valence electrons. The molecule has 0 heterocycles. The van der Waals surface area contributed by atoms with Crippen LogP contribution in [0.3, 0.4) is 0 Å². The molecule has 2 aromatic rings. The van der Waals surface area contributed by atoms with Crippen molar-refractivity contribution in [1.82, 2.24) is 0 Å². The average Bonchev–Trinajstić information content (AvgIpc) is 2.48. The van der Waals surface area contributed by atoms with Gasteiger partial charge in [-0.15, -0.1) is 0 Å². The Kier molecular flexibility index (Phi) is 5.89. The summed E-state index contributed by atoms with van der Waals surface area (Å²) in [6.07, 6.45) is 4.28. The van der Waals surface area contributed by atoms with Crippen molar-refractivity contribution in [2.45, 2.75) is 26.7 Å². The maximum Gasteiger partial charge on any atom is 0.0406 e. The van der Waals surface area contributed by atoms with Crippen molar-refractivity contribution >= 4 is 17.3 Å². The van der Waals surface area contributed by atoms with E-state index in [1.54, 1.807) is 0 Å². The molecule has 0 aliphatic heterocycles. The SMILES string of the molecule is CC(C)=CCNc1ccc(CCc2ccc(Cl)cc2)cc1. The van der Waals surface area contributed by atoms with Crippen LogP contribution in [-0.2, 0) is 12.8 Å². The molecule has 0 radical (unpaired) electrons. The second-order valence-electron chi connectivity index (χ2n) is 5.49. The molecule has 0 atom stereocenters. The second-order valence-corrected chi connectivity index (χ2v) is 5.92. The molecule has 0 spiro atoms. The van der Waals surface area contributed by atoms with E-state index in [9.17, 15) is 0 Å². The molecule has 2 aromatic carbocycles. The molecule has 1 N–H and O–H groups in total. The molecule has 0 aliphatic carbocycles. The van der Waals surface area contributed by atoms with Crippen molar-refractivity contribution in [3.8, 4) is 0 Å². The van der Waals surface area contributed by atoms with Crippen molar-refractivity contribution in [3.05, 3.63) is 76.3 Å². The van der Waals surface area contributed by atoms with Gasteiger partial charge in [-0.25, -0.2) is 0 Å². The molecular formula is C19H22ClN. The van der Waals surface area contributed by atoms with Crippen LogP contribution in [0, 0.1) is 0 Å². The predicted molar refractivity (Wildman–Crippen MR) is 93.2 cm³/mol. The summed E-state index contributed by atoms with van der Waals surface area (Å²) < 4.78 is 0. The number of benzene rings is 2. The first-order valence-electron chi connectivity index (χ1n) is 7.34. The summed E-state index contributed by atoms with van der Waals surface area (Å²) in [5.74, 6) is 0. The molecule has 0 saturated carbocycles. The molecular weight excluding hydrogens is 278 g/mol. The highest BCUT2D eigenvalue weighted by molar-refractivity contribution is 6.30. The van der Waals surface area contributed by atoms with Crippen molar-refractivity contribution < 1.29 is 0 Å². The van der Waals surface area contributed by atoms with Crippen LogP contribution in [0.2, 0.25) is 5.02 Å². The van der Waals surface area contributed by atoms with Gasteiger partial charge >= 0.3 is 0 Å². The number of rotatable bonds is 6. The van der Waals surface area contributed by atoms with Crippen LogP contribution in [0.4, 0.5) is 5.69 Å². The van der Waals surface area contributed by atoms with E-state index in [1.807, 2.05) is 12.1 Å². The fourth-order valence-corrected chi connectivity index (χ4v) is 2.23. The van der Waals surface area contributed by atoms with Gasteiger partial charge in [-0.2, -0.15) is 0 Å². The molecule has 0 bridgehead atoms. The first-order valence-corrected chi connectivity index (χ1v) is 7.72. The summed E-state index contributed by atoms with van der Waals surface area (Å²) in [4.78, 5) is 0. The smallest absolute Gasteiger partial charge is 0.0406 e. The van der Waals surface area contributed by atoms with E-state index in [1.165, 1.54) is 22.4 Å². The van der Waals surface area contributed by atoms with E-state index in [4.69, 9.17) is 11.6 Å². The minimum Gasteiger partial charge on any atom is -0.382 e. The van der Waals surface area contributed by atoms with E-state index < -0.39 is 0 Å². The Morgan fingerprint density at radius 3 is 1.95 bits per heavy atom. The average molecular weight is 300 g/mol. The normalized spacial score (nSPS) is 10.2. The Morgan fingerprint density at radius 2 is 1.43 bits per heavy atom. The quantitative estimate of drug-likeness (QED) is 0.694. The Labute approximate surface area is 132 Å². The van der Waals surface area contributed by atoms with Gasteiger partial charge in [0.2, 0.25) is 0 Å². The molecule has 21 heavy (non-hydrogen) atoms. The highest BCUT2D eigenvalue weighted by Crippen LogP contribution is 2.14. The third-order valence-corrected chi connectivity index (χ3v) is 3.64. The van der Waals surface area contributed by atoms with Crippen LogP contribution in [-0.4, -0.2) is 6.54 Å². The zero-order valence-electron chi connectivity index (χ0n) is 12.7. The summed E-state index contributed by atoms with van der Waals surface area (Å²) in [5, 5.41) is 4.19. The lowest BCUT2D eigenvalue weighted by atomic mass is 10.0. The summed E-state index contributed by atoms with van der Waals surface area (Å²) in [5.41, 5.74) is 5.19. The van der Waals surface area contributed by atoms with Crippen LogP contribution < -0.4 is 5.32 Å². The standard InChI is InChI=1S/C19H22ClN/c1-15(2)13-14-21-19-11-7-17(8-12-19)4-3-16-5-9-18(20)10-6-16/h5-13,21H,3-4,14H2,1-2H3. The molecule has 2 heteroatoms. The van der Waals surface area contributed by atoms with Crippen LogP contribution >= 0.6 is 11.6 Å². The van der Waals surface area contributed by atoms with E-state index in [0.29, 0.717) is 0 Å². The minimum absolute atomic E-state index is 0.797. The number of halogens is 1. The van der Waals surface area contributed by atoms with Gasteiger partial charge in [-0.1, -0.05) is 47.5 Å². The summed E-state index contributed by atoms with van der Waals surface area (Å²) in [7, 11) is 0. The van der Waals surface area contributed by atoms with Gasteiger partial charge in [0.05, 0.1) is 0 Å². The van der Waals surface area contributed by atoms with Gasteiger partial charge in [-0.3, -0.25) is 0 Å². The Morgan fingerprint density at radius 1 is 0.905 bits per heavy atom. The molecule has 2 rings (SSSR count). The van der Waals surface area contributed by atoms with Crippen LogP contribution in [0.1, 0.15) is 25.0 Å². The van der Waals surface area contributed by atoms with Gasteiger partial charge in [0.15, 0.2) is 0 Å². The van der Waals surface area contributed by atoms with Gasteiger partial charge < -0.3 is 5.32 Å². The lowest BCUT2D eigenvalue weighted by molar-refractivity contribution is 0.960. The van der Waals surface area contributed by atoms with Gasteiger partial charge in [0, 0.05) is 17.3 Å². The van der Waals surface area contributed by atoms with E-state index in [-0.39, 0.29) is 0 Å². The zero-order chi connectivity index (χ0) is 15.1. The fourth-order valence-electron chi connectivity index (χ4n) is 2.10. The summed E-state index contributed by atoms with van der Waals surface area (Å²) in [6.45, 7) is 5.11. The largest absolute Gasteiger partial charge is 0.382 e. The third-order valence-electron chi connectivity index (χ3n) is 3.39. The van der Waals surface area contributed by atoms with Crippen molar-refractivity contribution in [2.24, 2.45) is 0 Å². The van der Waals surface area contributed by atoms with Gasteiger partial charge in [0.25, 0.3) is 0 Å². The van der Waals surface area contributed by atoms with E-state index in [0.717, 1.165) is 24.4 Å². The molecule has 1 nitrogen and oxygen atoms in total. The van der Waals surface area contributed by atoms with Gasteiger partial charge in [-0.05, 0) is 62.1 Å². The molecule has 0 amide bonds. The van der Waals surface area contributed by atoms with Crippen molar-refractivity contribution in [3.63, 3.8) is 0 Å². The first kappa shape index (κ1) is 15.7. The number of nitrogens with one attached hydrogen (secondary N) is 1. The van der Waals surface area contributed by atoms with E-state index >= 15 is 0 Å². The first-order chi connectivity index (χ1) is 10.1. The van der Waals surface area contributed by atoms with Crippen molar-refractivity contribution in [2.75, 3.05) is 11.9 Å². The van der Waals surface area contributed by atoms with Crippen LogP contribution in [0.15, 0.2) is 60.2 Å². The molecule has 0 fully saturated rings. The Balaban J connectivity index is 1.84. The highest BCUT2D eigenvalue weighted by Gasteiger charge is 1.97. The number of hydrogen-bond acceptors (Lipinski definition) is 1. The monoisotopic (exact) mass is 299 g/mol. The predicted octanol–water partition coefficient (Wildman–Crippen LogP) is 5.50. The lowest BCUT2D eigenvalue weighted by Crippen LogP contribution is -1.99. The summed E-state index contributed by atoms with van der Waals surface area (Å²) in [6, 6.07) is 16.8. The third kappa shape index (κ3) is 5.65. The van der Waals surface area contributed by atoms with Crippen LogP contribution in [0.5, 0.6) is 0 Å². The zero-order valence-corrected chi connectivity index (χ0v) is 13.5. The van der Waals surface area contributed by atoms with Crippen molar-refractivity contribution in [1.29, 1.82) is 0 Å². The Bertz CT molecular complexity index is 578. The maximum atomic E-state index is 5.90. The number of anilines is 1. The maximum absolute atomic E-state index is 5.90. The van der Waals surface area contributed by atoms with Crippen LogP contribution in [0.25, 0.3) is 0 Å². The number of aryl methyl sites for hydroxylation is 2. The number of hydrogen-bond donors (Lipinski definition) is 1. The molecule has 0 unspecified atom stereocenters. The summed E-state index contributed by atoms with van der Waals surface area (Å²) >= 11 is 5.90. The lowest BCUT2D eigenvalue weighted by Gasteiger charge is -2.06. The molecule has 0 aromatic heterocycles. The molecule has 0 saturated heterocycles. The Hall–Kier alpha value is -1.73. The molecule has 0 aliphatic rings. The second kappa shape index (κ2) is 7.90. The van der Waals surface area contributed by atoms with Gasteiger partial charge in [0.1, 0.15) is 0 Å². The topological polar surface area (TPSA) is 12.0 Å². The number of allylic oxidation sites excluding steroid dienone is 1. The van der Waals surface area contributed by atoms with E-state index in [2.05, 4.69) is 61.6 Å². The fraction of sp³-hybridized carbons (Fsp3) is 0.263.